The number of anilines is 3. The molecule has 3 aromatic rings. The van der Waals surface area contributed by atoms with E-state index in [4.69, 9.17) is 0 Å². The van der Waals surface area contributed by atoms with Crippen LogP contribution in [0, 0.1) is 11.6 Å². The molecule has 10 heteroatoms. The van der Waals surface area contributed by atoms with Crippen molar-refractivity contribution >= 4 is 61.4 Å². The highest BCUT2D eigenvalue weighted by atomic mass is 79.9. The smallest absolute Gasteiger partial charge is 0.237 e. The lowest BCUT2D eigenvalue weighted by atomic mass is 10.3. The third-order valence-electron chi connectivity index (χ3n) is 3.32. The number of rotatable bonds is 6. The lowest BCUT2D eigenvalue weighted by Gasteiger charge is -2.11. The third-order valence-corrected chi connectivity index (χ3v) is 5.83. The molecule has 1 heterocycles. The van der Waals surface area contributed by atoms with Gasteiger partial charge in [-0.15, -0.1) is 10.2 Å². The van der Waals surface area contributed by atoms with Crippen LogP contribution in [0.25, 0.3) is 0 Å². The first-order chi connectivity index (χ1) is 12.9. The first kappa shape index (κ1) is 19.7. The maximum absolute atomic E-state index is 13.6. The minimum atomic E-state index is -0.696. The second-order valence-corrected chi connectivity index (χ2v) is 8.86. The Balaban J connectivity index is 1.60. The van der Waals surface area contributed by atoms with Crippen LogP contribution in [0.15, 0.2) is 51.3 Å². The van der Waals surface area contributed by atoms with Crippen LogP contribution in [0.4, 0.5) is 25.3 Å². The summed E-state index contributed by atoms with van der Waals surface area (Å²) in [4.78, 5) is 12.2. The van der Waals surface area contributed by atoms with Gasteiger partial charge in [0.25, 0.3) is 0 Å². The minimum absolute atomic E-state index is 0.193. The zero-order chi connectivity index (χ0) is 19.4. The van der Waals surface area contributed by atoms with Gasteiger partial charge >= 0.3 is 0 Å². The summed E-state index contributed by atoms with van der Waals surface area (Å²) >= 11 is 5.87. The van der Waals surface area contributed by atoms with Gasteiger partial charge in [-0.1, -0.05) is 45.1 Å². The molecule has 27 heavy (non-hydrogen) atoms. The first-order valence-electron chi connectivity index (χ1n) is 7.69. The molecule has 2 aromatic carbocycles. The van der Waals surface area contributed by atoms with Crippen LogP contribution in [0.5, 0.6) is 0 Å². The highest BCUT2D eigenvalue weighted by Gasteiger charge is 2.19. The van der Waals surface area contributed by atoms with E-state index in [9.17, 15) is 13.6 Å². The van der Waals surface area contributed by atoms with Crippen molar-refractivity contribution < 1.29 is 13.6 Å². The van der Waals surface area contributed by atoms with Gasteiger partial charge in [0.1, 0.15) is 11.6 Å². The Morgan fingerprint density at radius 3 is 2.81 bits per heavy atom. The van der Waals surface area contributed by atoms with Crippen LogP contribution in [0.2, 0.25) is 0 Å². The first-order valence-corrected chi connectivity index (χ1v) is 10.2. The van der Waals surface area contributed by atoms with Crippen LogP contribution < -0.4 is 10.6 Å². The molecule has 1 amide bonds. The number of nitrogens with one attached hydrogen (secondary N) is 2. The van der Waals surface area contributed by atoms with Gasteiger partial charge in [-0.2, -0.15) is 0 Å². The molecular weight excluding hydrogens is 458 g/mol. The second-order valence-electron chi connectivity index (χ2n) is 5.38. The quantitative estimate of drug-likeness (QED) is 0.469. The zero-order valence-corrected chi connectivity index (χ0v) is 17.1. The minimum Gasteiger partial charge on any atom is -0.330 e. The molecule has 1 atom stereocenters. The van der Waals surface area contributed by atoms with Crippen molar-refractivity contribution in [1.82, 2.24) is 10.2 Å². The maximum Gasteiger partial charge on any atom is 0.237 e. The van der Waals surface area contributed by atoms with Gasteiger partial charge in [0.15, 0.2) is 4.34 Å². The van der Waals surface area contributed by atoms with Gasteiger partial charge in [0.2, 0.25) is 11.0 Å². The molecule has 0 aliphatic rings. The number of carbonyl (C=O) groups excluding carboxylic acids is 1. The molecule has 3 rings (SSSR count). The number of aromatic nitrogens is 2. The average Bonchev–Trinajstić information content (AvgIpc) is 3.05. The fraction of sp³-hybridized carbons (Fsp3) is 0.118. The second kappa shape index (κ2) is 8.77. The molecular formula is C17H13BrF2N4OS2. The Hall–Kier alpha value is -2.04. The molecule has 0 fully saturated rings. The normalized spacial score (nSPS) is 11.9. The Labute approximate surface area is 170 Å². The van der Waals surface area contributed by atoms with Gasteiger partial charge in [0.05, 0.1) is 10.9 Å². The van der Waals surface area contributed by atoms with E-state index in [0.717, 1.165) is 28.4 Å². The molecule has 140 valence electrons. The lowest BCUT2D eigenvalue weighted by molar-refractivity contribution is -0.115. The molecule has 0 saturated carbocycles. The van der Waals surface area contributed by atoms with Crippen molar-refractivity contribution in [3.8, 4) is 0 Å². The molecule has 1 aromatic heterocycles. The van der Waals surface area contributed by atoms with Gasteiger partial charge in [-0.25, -0.2) is 8.78 Å². The molecule has 0 aliphatic carbocycles. The number of halogens is 3. The fourth-order valence-electron chi connectivity index (χ4n) is 2.03. The van der Waals surface area contributed by atoms with Crippen LogP contribution in [-0.4, -0.2) is 21.4 Å². The van der Waals surface area contributed by atoms with Gasteiger partial charge in [-0.3, -0.25) is 4.79 Å². The Morgan fingerprint density at radius 2 is 2.04 bits per heavy atom. The van der Waals surface area contributed by atoms with E-state index in [1.165, 1.54) is 23.1 Å². The summed E-state index contributed by atoms with van der Waals surface area (Å²) in [7, 11) is 0. The maximum atomic E-state index is 13.6. The number of thioether (sulfide) groups is 1. The van der Waals surface area contributed by atoms with Crippen molar-refractivity contribution in [2.24, 2.45) is 0 Å². The average molecular weight is 471 g/mol. The SMILES string of the molecule is CC(Sc1nnc(Nc2cccc(Br)c2)s1)C(=O)Nc1cc(F)ccc1F. The highest BCUT2D eigenvalue weighted by molar-refractivity contribution is 9.10. The predicted molar refractivity (Wildman–Crippen MR) is 108 cm³/mol. The summed E-state index contributed by atoms with van der Waals surface area (Å²) < 4.78 is 28.4. The molecule has 0 radical (unpaired) electrons. The van der Waals surface area contributed by atoms with Crippen LogP contribution >= 0.6 is 39.0 Å². The molecule has 0 saturated heterocycles. The van der Waals surface area contributed by atoms with E-state index >= 15 is 0 Å². The number of amides is 1. The number of nitrogens with zero attached hydrogens (tertiary/aromatic N) is 2. The van der Waals surface area contributed by atoms with Gasteiger partial charge in [-0.05, 0) is 37.3 Å². The standard InChI is InChI=1S/C17H13BrF2N4OS2/c1-9(15(25)22-14-8-11(19)5-6-13(14)20)26-17-24-23-16(27-17)21-12-4-2-3-10(18)7-12/h2-9H,1H3,(H,21,23)(H,22,25). The van der Waals surface area contributed by atoms with E-state index < -0.39 is 22.8 Å². The Bertz CT molecular complexity index is 970. The number of hydrogen-bond acceptors (Lipinski definition) is 6. The van der Waals surface area contributed by atoms with Crippen molar-refractivity contribution in [3.05, 3.63) is 58.6 Å². The summed E-state index contributed by atoms with van der Waals surface area (Å²) in [6.07, 6.45) is 0. The Kier molecular flexibility index (Phi) is 6.40. The lowest BCUT2D eigenvalue weighted by Crippen LogP contribution is -2.23. The fourth-order valence-corrected chi connectivity index (χ4v) is 4.35. The summed E-state index contributed by atoms with van der Waals surface area (Å²) in [5.41, 5.74) is 0.658. The molecule has 5 nitrogen and oxygen atoms in total. The monoisotopic (exact) mass is 470 g/mol. The van der Waals surface area contributed by atoms with Crippen LogP contribution in [-0.2, 0) is 4.79 Å². The summed E-state index contributed by atoms with van der Waals surface area (Å²) in [6.45, 7) is 1.65. The van der Waals surface area contributed by atoms with Crippen molar-refractivity contribution in [2.75, 3.05) is 10.6 Å². The van der Waals surface area contributed by atoms with Crippen molar-refractivity contribution in [1.29, 1.82) is 0 Å². The molecule has 0 aliphatic heterocycles. The van der Waals surface area contributed by atoms with Crippen molar-refractivity contribution in [2.45, 2.75) is 16.5 Å². The zero-order valence-electron chi connectivity index (χ0n) is 13.9. The van der Waals surface area contributed by atoms with E-state index in [2.05, 4.69) is 36.8 Å². The van der Waals surface area contributed by atoms with E-state index in [1.54, 1.807) is 6.92 Å². The number of benzene rings is 2. The third kappa shape index (κ3) is 5.47. The van der Waals surface area contributed by atoms with Crippen LogP contribution in [0.1, 0.15) is 6.92 Å². The van der Waals surface area contributed by atoms with E-state index in [-0.39, 0.29) is 5.69 Å². The van der Waals surface area contributed by atoms with E-state index in [1.807, 2.05) is 24.3 Å². The number of carbonyl (C=O) groups is 1. The number of hydrogen-bond donors (Lipinski definition) is 2. The van der Waals surface area contributed by atoms with Gasteiger partial charge < -0.3 is 10.6 Å². The highest BCUT2D eigenvalue weighted by Crippen LogP contribution is 2.31. The summed E-state index contributed by atoms with van der Waals surface area (Å²) in [5.74, 6) is -1.78. The largest absolute Gasteiger partial charge is 0.330 e. The van der Waals surface area contributed by atoms with Crippen LogP contribution in [0.3, 0.4) is 0 Å². The van der Waals surface area contributed by atoms with Gasteiger partial charge in [0, 0.05) is 16.2 Å². The summed E-state index contributed by atoms with van der Waals surface area (Å²) in [5, 5.41) is 13.6. The van der Waals surface area contributed by atoms with Crippen molar-refractivity contribution in [3.63, 3.8) is 0 Å². The topological polar surface area (TPSA) is 66.9 Å². The molecule has 1 unspecified atom stereocenters. The Morgan fingerprint density at radius 1 is 1.22 bits per heavy atom. The van der Waals surface area contributed by atoms with E-state index in [0.29, 0.717) is 9.47 Å². The summed E-state index contributed by atoms with van der Waals surface area (Å²) in [6, 6.07) is 10.5. The molecule has 0 spiro atoms. The molecule has 2 N–H and O–H groups in total. The molecule has 0 bridgehead atoms. The predicted octanol–water partition coefficient (Wildman–Crippen LogP) is 5.44.